The Balaban J connectivity index is 0.00000341. The zero-order valence-corrected chi connectivity index (χ0v) is 19.4. The number of amides is 1. The normalized spacial score (nSPS) is 18.7. The van der Waals surface area contributed by atoms with Gasteiger partial charge in [-0.15, -0.1) is 12.4 Å². The number of methoxy groups -OCH3 is 1. The first-order valence-electron chi connectivity index (χ1n) is 10.1. The summed E-state index contributed by atoms with van der Waals surface area (Å²) >= 11 is 0. The van der Waals surface area contributed by atoms with Crippen molar-refractivity contribution in [3.8, 4) is 16.9 Å². The maximum atomic E-state index is 12.6. The van der Waals surface area contributed by atoms with Crippen molar-refractivity contribution < 1.29 is 17.9 Å². The van der Waals surface area contributed by atoms with Gasteiger partial charge in [0.2, 0.25) is 15.9 Å². The van der Waals surface area contributed by atoms with Crippen LogP contribution in [-0.4, -0.2) is 34.5 Å². The molecule has 0 radical (unpaired) electrons. The largest absolute Gasteiger partial charge is 0.496 e. The van der Waals surface area contributed by atoms with E-state index in [1.807, 2.05) is 25.2 Å². The van der Waals surface area contributed by atoms with Crippen LogP contribution in [0.25, 0.3) is 11.1 Å². The summed E-state index contributed by atoms with van der Waals surface area (Å²) in [5.41, 5.74) is 2.61. The second kappa shape index (κ2) is 10.9. The molecule has 7 nitrogen and oxygen atoms in total. The van der Waals surface area contributed by atoms with E-state index in [0.29, 0.717) is 18.3 Å². The lowest BCUT2D eigenvalue weighted by Crippen LogP contribution is -2.37. The van der Waals surface area contributed by atoms with Crippen molar-refractivity contribution in [2.45, 2.75) is 43.2 Å². The van der Waals surface area contributed by atoms with Gasteiger partial charge in [-0.25, -0.2) is 13.6 Å². The van der Waals surface area contributed by atoms with Crippen molar-refractivity contribution in [2.75, 3.05) is 14.2 Å². The van der Waals surface area contributed by atoms with Gasteiger partial charge in [0, 0.05) is 24.1 Å². The van der Waals surface area contributed by atoms with Crippen LogP contribution < -0.4 is 20.5 Å². The number of rotatable bonds is 7. The third-order valence-electron chi connectivity index (χ3n) is 5.76. The molecule has 1 fully saturated rings. The maximum Gasteiger partial charge on any atom is 0.238 e. The molecule has 0 atom stereocenters. The van der Waals surface area contributed by atoms with E-state index < -0.39 is 10.0 Å². The minimum absolute atomic E-state index is 0. The molecule has 0 heterocycles. The van der Waals surface area contributed by atoms with Crippen LogP contribution in [-0.2, 0) is 21.4 Å². The molecule has 1 saturated carbocycles. The average molecular weight is 468 g/mol. The van der Waals surface area contributed by atoms with Crippen LogP contribution in [0.4, 0.5) is 0 Å². The van der Waals surface area contributed by atoms with Gasteiger partial charge < -0.3 is 15.4 Å². The summed E-state index contributed by atoms with van der Waals surface area (Å²) in [5.74, 6) is 0.822. The molecule has 9 heteroatoms. The highest BCUT2D eigenvalue weighted by molar-refractivity contribution is 7.89. The smallest absolute Gasteiger partial charge is 0.238 e. The van der Waals surface area contributed by atoms with Gasteiger partial charge in [-0.2, -0.15) is 0 Å². The molecule has 0 aromatic heterocycles. The number of nitrogens with one attached hydrogen (secondary N) is 2. The van der Waals surface area contributed by atoms with Crippen LogP contribution in [0.5, 0.6) is 5.75 Å². The van der Waals surface area contributed by atoms with E-state index in [2.05, 4.69) is 10.6 Å². The molecule has 1 aliphatic rings. The van der Waals surface area contributed by atoms with E-state index >= 15 is 0 Å². The number of nitrogens with two attached hydrogens (primary N) is 1. The Kier molecular flexibility index (Phi) is 8.88. The molecule has 170 valence electrons. The third kappa shape index (κ3) is 6.43. The first-order valence-corrected chi connectivity index (χ1v) is 11.6. The summed E-state index contributed by atoms with van der Waals surface area (Å²) in [6.07, 6.45) is 3.82. The second-order valence-corrected chi connectivity index (χ2v) is 9.21. The number of halogens is 1. The Labute approximate surface area is 190 Å². The van der Waals surface area contributed by atoms with Gasteiger partial charge in [0.15, 0.2) is 0 Å². The van der Waals surface area contributed by atoms with Crippen LogP contribution in [0.2, 0.25) is 0 Å². The number of primary sulfonamides is 1. The average Bonchev–Trinajstić information content (AvgIpc) is 2.76. The van der Waals surface area contributed by atoms with Crippen molar-refractivity contribution >= 4 is 28.3 Å². The molecule has 2 aromatic rings. The Morgan fingerprint density at radius 2 is 1.68 bits per heavy atom. The van der Waals surface area contributed by atoms with Crippen molar-refractivity contribution in [1.29, 1.82) is 0 Å². The monoisotopic (exact) mass is 467 g/mol. The summed E-state index contributed by atoms with van der Waals surface area (Å²) in [4.78, 5) is 12.7. The topological polar surface area (TPSA) is 111 Å². The van der Waals surface area contributed by atoms with Crippen molar-refractivity contribution in [3.05, 3.63) is 48.0 Å². The van der Waals surface area contributed by atoms with Crippen LogP contribution in [0, 0.1) is 5.92 Å². The number of hydrogen-bond acceptors (Lipinski definition) is 5. The van der Waals surface area contributed by atoms with E-state index in [-0.39, 0.29) is 29.1 Å². The van der Waals surface area contributed by atoms with E-state index in [1.54, 1.807) is 19.2 Å². The minimum atomic E-state index is -3.73. The van der Waals surface area contributed by atoms with Gasteiger partial charge in [-0.3, -0.25) is 4.79 Å². The van der Waals surface area contributed by atoms with Gasteiger partial charge in [0.1, 0.15) is 5.75 Å². The Morgan fingerprint density at radius 1 is 1.06 bits per heavy atom. The van der Waals surface area contributed by atoms with E-state index in [9.17, 15) is 13.2 Å². The summed E-state index contributed by atoms with van der Waals surface area (Å²) in [6.45, 7) is 0.372. The van der Waals surface area contributed by atoms with Crippen molar-refractivity contribution in [3.63, 3.8) is 0 Å². The highest BCUT2D eigenvalue weighted by Crippen LogP contribution is 2.28. The predicted octanol–water partition coefficient (Wildman–Crippen LogP) is 2.83. The molecule has 4 N–H and O–H groups in total. The zero-order valence-electron chi connectivity index (χ0n) is 17.8. The Morgan fingerprint density at radius 3 is 2.23 bits per heavy atom. The molecule has 0 aliphatic heterocycles. The number of sulfonamides is 1. The van der Waals surface area contributed by atoms with Gasteiger partial charge in [0.05, 0.1) is 12.0 Å². The fourth-order valence-electron chi connectivity index (χ4n) is 3.90. The molecule has 0 saturated heterocycles. The van der Waals surface area contributed by atoms with Gasteiger partial charge in [-0.1, -0.05) is 18.2 Å². The SMILES string of the molecule is CNC1CCC(C(=O)NCc2cc(-c3ccc(S(N)(=O)=O)cc3)ccc2OC)CC1.Cl. The number of carbonyl (C=O) groups excluding carboxylic acids is 1. The minimum Gasteiger partial charge on any atom is -0.496 e. The molecule has 3 rings (SSSR count). The van der Waals surface area contributed by atoms with E-state index in [1.165, 1.54) is 12.1 Å². The summed E-state index contributed by atoms with van der Waals surface area (Å²) in [5, 5.41) is 11.5. The van der Waals surface area contributed by atoms with E-state index in [0.717, 1.165) is 42.4 Å². The van der Waals surface area contributed by atoms with Crippen molar-refractivity contribution in [1.82, 2.24) is 10.6 Å². The van der Waals surface area contributed by atoms with Crippen LogP contribution >= 0.6 is 12.4 Å². The first-order chi connectivity index (χ1) is 14.3. The Bertz CT molecular complexity index is 988. The molecule has 0 spiro atoms. The predicted molar refractivity (Wildman–Crippen MR) is 124 cm³/mol. The number of benzene rings is 2. The molecular formula is C22H30ClN3O4S. The zero-order chi connectivity index (χ0) is 21.7. The third-order valence-corrected chi connectivity index (χ3v) is 6.69. The fraction of sp³-hybridized carbons (Fsp3) is 0.409. The highest BCUT2D eigenvalue weighted by atomic mass is 35.5. The molecule has 2 aromatic carbocycles. The lowest BCUT2D eigenvalue weighted by Gasteiger charge is -2.27. The van der Waals surface area contributed by atoms with Crippen LogP contribution in [0.15, 0.2) is 47.4 Å². The highest BCUT2D eigenvalue weighted by Gasteiger charge is 2.25. The molecule has 0 bridgehead atoms. The molecule has 0 unspecified atom stereocenters. The number of carbonyl (C=O) groups is 1. The second-order valence-electron chi connectivity index (χ2n) is 7.65. The standard InChI is InChI=1S/C22H29N3O4S.ClH/c1-24-19-8-3-16(4-9-19)22(26)25-14-18-13-17(7-12-21(18)29-2)15-5-10-20(11-6-15)30(23,27)28;/h5-7,10-13,16,19,24H,3-4,8-9,14H2,1-2H3,(H,25,26)(H2,23,27,28);1H. The lowest BCUT2D eigenvalue weighted by atomic mass is 9.85. The van der Waals surface area contributed by atoms with Crippen molar-refractivity contribution in [2.24, 2.45) is 11.1 Å². The number of ether oxygens (including phenoxy) is 1. The van der Waals surface area contributed by atoms with Crippen LogP contribution in [0.3, 0.4) is 0 Å². The lowest BCUT2D eigenvalue weighted by molar-refractivity contribution is -0.126. The summed E-state index contributed by atoms with van der Waals surface area (Å²) in [7, 11) is -0.164. The Hall–Kier alpha value is -2.13. The first kappa shape index (κ1) is 25.1. The molecule has 1 amide bonds. The summed E-state index contributed by atoms with van der Waals surface area (Å²) in [6, 6.07) is 12.6. The van der Waals surface area contributed by atoms with Crippen LogP contribution in [0.1, 0.15) is 31.2 Å². The quantitative estimate of drug-likeness (QED) is 0.579. The number of hydrogen-bond donors (Lipinski definition) is 3. The maximum absolute atomic E-state index is 12.6. The van der Waals surface area contributed by atoms with E-state index in [4.69, 9.17) is 9.88 Å². The van der Waals surface area contributed by atoms with Gasteiger partial charge >= 0.3 is 0 Å². The van der Waals surface area contributed by atoms with Gasteiger partial charge in [0.25, 0.3) is 0 Å². The molecular weight excluding hydrogens is 438 g/mol. The molecule has 1 aliphatic carbocycles. The van der Waals surface area contributed by atoms with Gasteiger partial charge in [-0.05, 0) is 68.1 Å². The summed E-state index contributed by atoms with van der Waals surface area (Å²) < 4.78 is 28.4. The fourth-order valence-corrected chi connectivity index (χ4v) is 4.42. The molecule has 31 heavy (non-hydrogen) atoms.